The fourth-order valence-electron chi connectivity index (χ4n) is 3.96. The highest BCUT2D eigenvalue weighted by molar-refractivity contribution is 7.99. The molecule has 0 aliphatic heterocycles. The van der Waals surface area contributed by atoms with Gasteiger partial charge in [0, 0.05) is 34.5 Å². The molecule has 3 rings (SSSR count). The van der Waals surface area contributed by atoms with Gasteiger partial charge in [0.1, 0.15) is 17.7 Å². The molecule has 178 valence electrons. The molecule has 0 spiro atoms. The molecule has 0 saturated heterocycles. The maximum Gasteiger partial charge on any atom is 0.242 e. The normalized spacial score (nSPS) is 15.2. The molecule has 1 fully saturated rings. The van der Waals surface area contributed by atoms with Gasteiger partial charge in [-0.05, 0) is 38.0 Å². The lowest BCUT2D eigenvalue weighted by Crippen LogP contribution is -2.51. The number of thioether (sulfide) groups is 1. The highest BCUT2D eigenvalue weighted by Crippen LogP contribution is 2.25. The minimum atomic E-state index is -0.767. The second kappa shape index (κ2) is 12.4. The topological polar surface area (TPSA) is 49.4 Å². The maximum absolute atomic E-state index is 14.3. The Bertz CT molecular complexity index is 949. The van der Waals surface area contributed by atoms with Gasteiger partial charge < -0.3 is 10.2 Å². The van der Waals surface area contributed by atoms with Gasteiger partial charge in [-0.3, -0.25) is 9.59 Å². The fraction of sp³-hybridized carbons (Fsp3) is 0.440. The van der Waals surface area contributed by atoms with E-state index in [9.17, 15) is 18.4 Å². The summed E-state index contributed by atoms with van der Waals surface area (Å²) < 4.78 is 28.3. The SMILES string of the molecule is C[C@H](C(=O)NC1CCCCC1)N(Cc1ccccc1F)C(=O)CSCc1c(F)cccc1Cl. The summed E-state index contributed by atoms with van der Waals surface area (Å²) in [6.07, 6.45) is 5.18. The molecule has 1 atom stereocenters. The zero-order chi connectivity index (χ0) is 23.8. The summed E-state index contributed by atoms with van der Waals surface area (Å²) in [6, 6.07) is 10.0. The van der Waals surface area contributed by atoms with Crippen molar-refractivity contribution < 1.29 is 18.4 Å². The highest BCUT2D eigenvalue weighted by atomic mass is 35.5. The van der Waals surface area contributed by atoms with Crippen molar-refractivity contribution in [3.63, 3.8) is 0 Å². The van der Waals surface area contributed by atoms with Crippen LogP contribution in [0.5, 0.6) is 0 Å². The van der Waals surface area contributed by atoms with Crippen molar-refractivity contribution in [3.05, 3.63) is 70.2 Å². The third kappa shape index (κ3) is 7.18. The minimum Gasteiger partial charge on any atom is -0.352 e. The Labute approximate surface area is 203 Å². The molecule has 1 aliphatic carbocycles. The summed E-state index contributed by atoms with van der Waals surface area (Å²) in [7, 11) is 0. The van der Waals surface area contributed by atoms with Gasteiger partial charge >= 0.3 is 0 Å². The van der Waals surface area contributed by atoms with Crippen LogP contribution in [-0.2, 0) is 21.9 Å². The summed E-state index contributed by atoms with van der Waals surface area (Å²) in [5, 5.41) is 3.35. The Hall–Kier alpha value is -2.12. The van der Waals surface area contributed by atoms with E-state index in [1.54, 1.807) is 31.2 Å². The molecular formula is C25H29ClF2N2O2S. The highest BCUT2D eigenvalue weighted by Gasteiger charge is 2.28. The van der Waals surface area contributed by atoms with Gasteiger partial charge in [0.2, 0.25) is 11.8 Å². The van der Waals surface area contributed by atoms with Crippen LogP contribution in [0.4, 0.5) is 8.78 Å². The monoisotopic (exact) mass is 494 g/mol. The van der Waals surface area contributed by atoms with E-state index in [0.717, 1.165) is 25.7 Å². The van der Waals surface area contributed by atoms with Crippen molar-refractivity contribution in [2.24, 2.45) is 0 Å². The average molecular weight is 495 g/mol. The molecule has 4 nitrogen and oxygen atoms in total. The summed E-state index contributed by atoms with van der Waals surface area (Å²) in [4.78, 5) is 27.5. The molecule has 1 aliphatic rings. The molecule has 0 bridgehead atoms. The van der Waals surface area contributed by atoms with Crippen LogP contribution in [-0.4, -0.2) is 34.6 Å². The van der Waals surface area contributed by atoms with Gasteiger partial charge in [0.25, 0.3) is 0 Å². The quantitative estimate of drug-likeness (QED) is 0.485. The molecule has 0 heterocycles. The molecule has 2 aromatic carbocycles. The first-order valence-electron chi connectivity index (χ1n) is 11.2. The number of hydrogen-bond donors (Lipinski definition) is 1. The van der Waals surface area contributed by atoms with Crippen molar-refractivity contribution in [1.82, 2.24) is 10.2 Å². The fourth-order valence-corrected chi connectivity index (χ4v) is 5.20. The van der Waals surface area contributed by atoms with Gasteiger partial charge in [-0.15, -0.1) is 11.8 Å². The van der Waals surface area contributed by atoms with Gasteiger partial charge in [-0.2, -0.15) is 0 Å². The molecular weight excluding hydrogens is 466 g/mol. The zero-order valence-electron chi connectivity index (χ0n) is 18.7. The Kier molecular flexibility index (Phi) is 9.56. The van der Waals surface area contributed by atoms with Crippen molar-refractivity contribution >= 4 is 35.2 Å². The van der Waals surface area contributed by atoms with Crippen LogP contribution in [0.1, 0.15) is 50.2 Å². The Balaban J connectivity index is 1.69. The lowest BCUT2D eigenvalue weighted by atomic mass is 9.95. The van der Waals surface area contributed by atoms with Crippen LogP contribution in [0.3, 0.4) is 0 Å². The molecule has 2 amide bonds. The van der Waals surface area contributed by atoms with Gasteiger partial charge in [0.15, 0.2) is 0 Å². The minimum absolute atomic E-state index is 0.0141. The van der Waals surface area contributed by atoms with Crippen molar-refractivity contribution in [2.75, 3.05) is 5.75 Å². The number of nitrogens with zero attached hydrogens (tertiary/aromatic N) is 1. The maximum atomic E-state index is 14.3. The molecule has 1 N–H and O–H groups in total. The molecule has 8 heteroatoms. The zero-order valence-corrected chi connectivity index (χ0v) is 20.2. The van der Waals surface area contributed by atoms with Crippen molar-refractivity contribution in [3.8, 4) is 0 Å². The van der Waals surface area contributed by atoms with Gasteiger partial charge in [0.05, 0.1) is 5.75 Å². The average Bonchev–Trinajstić information content (AvgIpc) is 2.80. The smallest absolute Gasteiger partial charge is 0.242 e. The third-order valence-electron chi connectivity index (χ3n) is 5.95. The van der Waals surface area contributed by atoms with E-state index in [1.807, 2.05) is 0 Å². The van der Waals surface area contributed by atoms with Crippen LogP contribution in [0, 0.1) is 11.6 Å². The van der Waals surface area contributed by atoms with Crippen LogP contribution >= 0.6 is 23.4 Å². The first-order valence-corrected chi connectivity index (χ1v) is 12.7. The van der Waals surface area contributed by atoms with Crippen molar-refractivity contribution in [2.45, 2.75) is 63.4 Å². The van der Waals surface area contributed by atoms with Crippen molar-refractivity contribution in [1.29, 1.82) is 0 Å². The molecule has 0 unspecified atom stereocenters. The Morgan fingerprint density at radius 3 is 2.48 bits per heavy atom. The summed E-state index contributed by atoms with van der Waals surface area (Å²) in [5.74, 6) is -1.18. The molecule has 33 heavy (non-hydrogen) atoms. The van der Waals surface area contributed by atoms with E-state index in [1.165, 1.54) is 41.3 Å². The number of carbonyl (C=O) groups excluding carboxylic acids is 2. The lowest BCUT2D eigenvalue weighted by Gasteiger charge is -2.31. The standard InChI is InChI=1S/C25H29ClF2N2O2S/c1-17(25(32)29-19-9-3-2-4-10-19)30(14-18-8-5-6-12-22(18)27)24(31)16-33-15-20-21(26)11-7-13-23(20)28/h5-8,11-13,17,19H,2-4,9-10,14-16H2,1H3,(H,29,32)/t17-/m1/s1. The Morgan fingerprint density at radius 2 is 1.79 bits per heavy atom. The second-order valence-electron chi connectivity index (χ2n) is 8.33. The number of hydrogen-bond acceptors (Lipinski definition) is 3. The first kappa shape index (κ1) is 25.5. The van der Waals surface area contributed by atoms with Crippen LogP contribution in [0.25, 0.3) is 0 Å². The predicted molar refractivity (Wildman–Crippen MR) is 129 cm³/mol. The predicted octanol–water partition coefficient (Wildman–Crippen LogP) is 5.72. The Morgan fingerprint density at radius 1 is 1.09 bits per heavy atom. The lowest BCUT2D eigenvalue weighted by molar-refractivity contribution is -0.139. The van der Waals surface area contributed by atoms with E-state index < -0.39 is 17.7 Å². The van der Waals surface area contributed by atoms with E-state index in [0.29, 0.717) is 16.1 Å². The van der Waals surface area contributed by atoms with E-state index >= 15 is 0 Å². The van der Waals surface area contributed by atoms with Crippen LogP contribution in [0.2, 0.25) is 5.02 Å². The summed E-state index contributed by atoms with van der Waals surface area (Å²) in [5.41, 5.74) is 0.672. The number of rotatable bonds is 9. The number of amides is 2. The second-order valence-corrected chi connectivity index (χ2v) is 9.72. The number of halogens is 3. The first-order chi connectivity index (χ1) is 15.9. The number of nitrogens with one attached hydrogen (secondary N) is 1. The van der Waals surface area contributed by atoms with Gasteiger partial charge in [-0.25, -0.2) is 8.78 Å². The van der Waals surface area contributed by atoms with E-state index in [2.05, 4.69) is 5.32 Å². The van der Waals surface area contributed by atoms with Crippen LogP contribution in [0.15, 0.2) is 42.5 Å². The van der Waals surface area contributed by atoms with E-state index in [4.69, 9.17) is 11.6 Å². The molecule has 0 aromatic heterocycles. The molecule has 0 radical (unpaired) electrons. The number of benzene rings is 2. The summed E-state index contributed by atoms with van der Waals surface area (Å²) >= 11 is 7.28. The molecule has 1 saturated carbocycles. The largest absolute Gasteiger partial charge is 0.352 e. The van der Waals surface area contributed by atoms with Gasteiger partial charge in [-0.1, -0.05) is 55.1 Å². The number of carbonyl (C=O) groups is 2. The van der Waals surface area contributed by atoms with E-state index in [-0.39, 0.29) is 35.9 Å². The molecule has 2 aromatic rings. The van der Waals surface area contributed by atoms with Crippen LogP contribution < -0.4 is 5.32 Å². The summed E-state index contributed by atoms with van der Waals surface area (Å²) in [6.45, 7) is 1.64. The third-order valence-corrected chi connectivity index (χ3v) is 7.25.